The molecule has 0 radical (unpaired) electrons. The average molecular weight is 489 g/mol. The van der Waals surface area contributed by atoms with E-state index in [4.69, 9.17) is 0 Å². The Balaban J connectivity index is 0.000000148. The first kappa shape index (κ1) is 23.4. The van der Waals surface area contributed by atoms with Gasteiger partial charge in [-0.2, -0.15) is 0 Å². The summed E-state index contributed by atoms with van der Waals surface area (Å²) in [5.41, 5.74) is 3.18. The molecule has 4 aliphatic heterocycles. The molecule has 0 saturated carbocycles. The number of imide groups is 2. The number of carbonyl (C=O) groups is 6. The fourth-order valence-electron chi connectivity index (χ4n) is 5.02. The Morgan fingerprint density at radius 1 is 0.583 bits per heavy atom. The molecule has 0 aliphatic carbocycles. The van der Waals surface area contributed by atoms with Crippen molar-refractivity contribution in [3.05, 3.63) is 70.8 Å². The van der Waals surface area contributed by atoms with Crippen molar-refractivity contribution in [1.29, 1.82) is 0 Å². The maximum absolute atomic E-state index is 12.2. The Morgan fingerprint density at radius 3 is 1.33 bits per heavy atom. The van der Waals surface area contributed by atoms with E-state index in [0.29, 0.717) is 37.1 Å². The molecule has 2 saturated heterocycles. The Morgan fingerprint density at radius 2 is 0.972 bits per heavy atom. The zero-order valence-corrected chi connectivity index (χ0v) is 19.4. The summed E-state index contributed by atoms with van der Waals surface area (Å²) in [5, 5.41) is 4.56. The lowest BCUT2D eigenvalue weighted by Crippen LogP contribution is -2.52. The second-order valence-corrected chi connectivity index (χ2v) is 9.11. The van der Waals surface area contributed by atoms with E-state index in [2.05, 4.69) is 10.6 Å². The zero-order valence-electron chi connectivity index (χ0n) is 19.4. The third-order valence-corrected chi connectivity index (χ3v) is 6.87. The number of hydrogen-bond acceptors (Lipinski definition) is 6. The molecule has 4 heterocycles. The van der Waals surface area contributed by atoms with Crippen molar-refractivity contribution >= 4 is 35.4 Å². The van der Waals surface area contributed by atoms with Crippen molar-refractivity contribution in [3.63, 3.8) is 0 Å². The van der Waals surface area contributed by atoms with Crippen LogP contribution in [0.3, 0.4) is 0 Å². The molecular formula is C26H24N4O6. The molecule has 36 heavy (non-hydrogen) atoms. The van der Waals surface area contributed by atoms with Crippen LogP contribution in [0.4, 0.5) is 0 Å². The van der Waals surface area contributed by atoms with E-state index in [0.717, 1.165) is 11.1 Å². The lowest BCUT2D eigenvalue weighted by atomic mass is 10.0. The standard InChI is InChI=1S/2C13H12N2O3/c2*16-11-6-5-10(12(17)14-11)15-7-8-3-1-2-4-9(8)13(15)18/h2*1-4,10H,5-7H2,(H,14,16,17). The highest BCUT2D eigenvalue weighted by Crippen LogP contribution is 2.28. The maximum atomic E-state index is 12.2. The number of amides is 6. The van der Waals surface area contributed by atoms with Crippen molar-refractivity contribution in [1.82, 2.24) is 20.4 Å². The maximum Gasteiger partial charge on any atom is 0.255 e. The minimum Gasteiger partial charge on any atom is -0.322 e. The highest BCUT2D eigenvalue weighted by molar-refractivity contribution is 6.06. The highest BCUT2D eigenvalue weighted by Gasteiger charge is 2.40. The van der Waals surface area contributed by atoms with Gasteiger partial charge in [0, 0.05) is 37.1 Å². The van der Waals surface area contributed by atoms with E-state index < -0.39 is 12.1 Å². The Labute approximate surface area is 206 Å². The van der Waals surface area contributed by atoms with E-state index in [9.17, 15) is 28.8 Å². The summed E-state index contributed by atoms with van der Waals surface area (Å²) in [6.45, 7) is 0.891. The lowest BCUT2D eigenvalue weighted by molar-refractivity contribution is -0.138. The highest BCUT2D eigenvalue weighted by atomic mass is 16.2. The molecule has 6 rings (SSSR count). The molecule has 2 atom stereocenters. The van der Waals surface area contributed by atoms with Crippen LogP contribution in [0.25, 0.3) is 0 Å². The molecule has 6 amide bonds. The van der Waals surface area contributed by atoms with Crippen molar-refractivity contribution < 1.29 is 28.8 Å². The van der Waals surface area contributed by atoms with Crippen molar-refractivity contribution in [2.24, 2.45) is 0 Å². The van der Waals surface area contributed by atoms with Gasteiger partial charge in [-0.05, 0) is 36.1 Å². The summed E-state index contributed by atoms with van der Waals surface area (Å²) >= 11 is 0. The number of nitrogens with one attached hydrogen (secondary N) is 2. The van der Waals surface area contributed by atoms with Gasteiger partial charge in [0.05, 0.1) is 0 Å². The number of hydrogen-bond donors (Lipinski definition) is 2. The summed E-state index contributed by atoms with van der Waals surface area (Å²) in [7, 11) is 0. The van der Waals surface area contributed by atoms with Gasteiger partial charge < -0.3 is 9.80 Å². The van der Waals surface area contributed by atoms with Crippen LogP contribution < -0.4 is 10.6 Å². The second kappa shape index (κ2) is 9.37. The summed E-state index contributed by atoms with van der Waals surface area (Å²) in [4.78, 5) is 73.2. The third-order valence-electron chi connectivity index (χ3n) is 6.87. The molecule has 4 aliphatic rings. The van der Waals surface area contributed by atoms with E-state index >= 15 is 0 Å². The predicted octanol–water partition coefficient (Wildman–Crippen LogP) is 0.895. The summed E-state index contributed by atoms with van der Waals surface area (Å²) in [6, 6.07) is 13.6. The van der Waals surface area contributed by atoms with Crippen LogP contribution in [-0.2, 0) is 32.3 Å². The largest absolute Gasteiger partial charge is 0.322 e. The van der Waals surface area contributed by atoms with Gasteiger partial charge in [-0.3, -0.25) is 39.4 Å². The van der Waals surface area contributed by atoms with E-state index in [-0.39, 0.29) is 48.3 Å². The number of benzene rings is 2. The van der Waals surface area contributed by atoms with Gasteiger partial charge in [0.25, 0.3) is 11.8 Å². The van der Waals surface area contributed by atoms with Gasteiger partial charge in [-0.15, -0.1) is 0 Å². The van der Waals surface area contributed by atoms with Crippen LogP contribution in [0.5, 0.6) is 0 Å². The molecule has 0 spiro atoms. The monoisotopic (exact) mass is 488 g/mol. The van der Waals surface area contributed by atoms with E-state index in [1.54, 1.807) is 21.9 Å². The molecular weight excluding hydrogens is 464 g/mol. The van der Waals surface area contributed by atoms with Gasteiger partial charge in [0.2, 0.25) is 23.6 Å². The summed E-state index contributed by atoms with van der Waals surface area (Å²) in [6.07, 6.45) is 1.39. The van der Waals surface area contributed by atoms with Gasteiger partial charge in [-0.25, -0.2) is 0 Å². The van der Waals surface area contributed by atoms with Crippen LogP contribution in [-0.4, -0.2) is 57.3 Å². The minimum absolute atomic E-state index is 0.125. The SMILES string of the molecule is O=C1CCC(N2Cc3ccccc3C2=O)C(=O)N1.O=C1CCC(N2Cc3ccccc3C2=O)C(=O)N1. The van der Waals surface area contributed by atoms with Crippen LogP contribution >= 0.6 is 0 Å². The molecule has 0 aromatic heterocycles. The molecule has 2 unspecified atom stereocenters. The molecule has 2 N–H and O–H groups in total. The summed E-state index contributed by atoms with van der Waals surface area (Å²) in [5.74, 6) is -1.51. The first-order valence-electron chi connectivity index (χ1n) is 11.8. The molecule has 10 nitrogen and oxygen atoms in total. The molecule has 184 valence electrons. The first-order valence-corrected chi connectivity index (χ1v) is 11.8. The second-order valence-electron chi connectivity index (χ2n) is 9.11. The first-order chi connectivity index (χ1) is 17.3. The number of piperidine rings is 2. The Kier molecular flexibility index (Phi) is 6.09. The van der Waals surface area contributed by atoms with Crippen LogP contribution in [0.2, 0.25) is 0 Å². The van der Waals surface area contributed by atoms with Gasteiger partial charge in [0.1, 0.15) is 12.1 Å². The molecule has 2 fully saturated rings. The fraction of sp³-hybridized carbons (Fsp3) is 0.308. The number of carbonyl (C=O) groups excluding carboxylic acids is 6. The molecule has 10 heteroatoms. The van der Waals surface area contributed by atoms with E-state index in [1.165, 1.54) is 0 Å². The van der Waals surface area contributed by atoms with Gasteiger partial charge in [0.15, 0.2) is 0 Å². The molecule has 0 bridgehead atoms. The number of fused-ring (bicyclic) bond motifs is 2. The van der Waals surface area contributed by atoms with Crippen LogP contribution in [0.15, 0.2) is 48.5 Å². The normalized spacial score (nSPS) is 23.0. The van der Waals surface area contributed by atoms with Crippen molar-refractivity contribution in [3.8, 4) is 0 Å². The molecule has 2 aromatic rings. The minimum atomic E-state index is -0.525. The quantitative estimate of drug-likeness (QED) is 0.604. The number of nitrogens with zero attached hydrogens (tertiary/aromatic N) is 2. The van der Waals surface area contributed by atoms with Crippen LogP contribution in [0, 0.1) is 0 Å². The zero-order chi connectivity index (χ0) is 25.4. The number of rotatable bonds is 2. The fourth-order valence-corrected chi connectivity index (χ4v) is 5.02. The van der Waals surface area contributed by atoms with Gasteiger partial charge >= 0.3 is 0 Å². The Bertz CT molecular complexity index is 1210. The third kappa shape index (κ3) is 4.26. The molecule has 2 aromatic carbocycles. The smallest absolute Gasteiger partial charge is 0.255 e. The topological polar surface area (TPSA) is 133 Å². The van der Waals surface area contributed by atoms with Crippen molar-refractivity contribution in [2.45, 2.75) is 50.9 Å². The lowest BCUT2D eigenvalue weighted by Gasteiger charge is -2.29. The van der Waals surface area contributed by atoms with Crippen LogP contribution in [0.1, 0.15) is 57.5 Å². The van der Waals surface area contributed by atoms with Crippen molar-refractivity contribution in [2.75, 3.05) is 0 Å². The average Bonchev–Trinajstić information content (AvgIpc) is 3.37. The van der Waals surface area contributed by atoms with E-state index in [1.807, 2.05) is 36.4 Å². The van der Waals surface area contributed by atoms with Gasteiger partial charge in [-0.1, -0.05) is 36.4 Å². The Hall–Kier alpha value is -4.34. The summed E-state index contributed by atoms with van der Waals surface area (Å²) < 4.78 is 0. The predicted molar refractivity (Wildman–Crippen MR) is 125 cm³/mol.